The largest absolute Gasteiger partial charge is 0.493 e. The number of ether oxygens (including phenoxy) is 2. The lowest BCUT2D eigenvalue weighted by molar-refractivity contribution is -0.119. The van der Waals surface area contributed by atoms with Crippen molar-refractivity contribution < 1.29 is 19.1 Å². The molecular formula is C22H25N3O4. The molecule has 3 rings (SSSR count). The molecule has 152 valence electrons. The number of fused-ring (bicyclic) bond motifs is 1. The Labute approximate surface area is 170 Å². The molecule has 0 aromatic heterocycles. The summed E-state index contributed by atoms with van der Waals surface area (Å²) in [7, 11) is 3.13. The first kappa shape index (κ1) is 20.4. The van der Waals surface area contributed by atoms with Gasteiger partial charge >= 0.3 is 0 Å². The first-order valence-electron chi connectivity index (χ1n) is 9.44. The van der Waals surface area contributed by atoms with Gasteiger partial charge in [0.15, 0.2) is 11.5 Å². The van der Waals surface area contributed by atoms with Gasteiger partial charge in [-0.15, -0.1) is 0 Å². The predicted molar refractivity (Wildman–Crippen MR) is 112 cm³/mol. The topological polar surface area (TPSA) is 89.0 Å². The minimum absolute atomic E-state index is 0.0710. The average molecular weight is 395 g/mol. The highest BCUT2D eigenvalue weighted by molar-refractivity contribution is 6.19. The van der Waals surface area contributed by atoms with Crippen molar-refractivity contribution in [3.63, 3.8) is 0 Å². The molecule has 0 fully saturated rings. The predicted octanol–water partition coefficient (Wildman–Crippen LogP) is 3.56. The number of carbonyl (C=O) groups excluding carboxylic acids is 2. The van der Waals surface area contributed by atoms with E-state index in [2.05, 4.69) is 10.6 Å². The maximum Gasteiger partial charge on any atom is 0.237 e. The first-order valence-corrected chi connectivity index (χ1v) is 9.44. The zero-order valence-corrected chi connectivity index (χ0v) is 17.0. The molecule has 0 bridgehead atoms. The molecule has 0 radical (unpaired) electrons. The third kappa shape index (κ3) is 4.39. The van der Waals surface area contributed by atoms with E-state index in [1.807, 2.05) is 37.3 Å². The molecule has 2 aromatic carbocycles. The number of anilines is 1. The second-order valence-corrected chi connectivity index (χ2v) is 6.75. The molecule has 2 amide bonds. The smallest absolute Gasteiger partial charge is 0.237 e. The summed E-state index contributed by atoms with van der Waals surface area (Å²) < 4.78 is 10.7. The molecule has 0 saturated heterocycles. The summed E-state index contributed by atoms with van der Waals surface area (Å²) in [5.74, 6) is 0.479. The van der Waals surface area contributed by atoms with Crippen LogP contribution in [0.2, 0.25) is 0 Å². The van der Waals surface area contributed by atoms with Gasteiger partial charge in [0.25, 0.3) is 0 Å². The SMILES string of the molecule is CCC(=Nc1ccc(CNC(C)=O)cc1)C1C(=O)Nc2cc(OC)c(OC)cc21. The molecule has 2 N–H and O–H groups in total. The number of nitrogens with one attached hydrogen (secondary N) is 2. The number of methoxy groups -OCH3 is 2. The van der Waals surface area contributed by atoms with Crippen molar-refractivity contribution in [2.24, 2.45) is 4.99 Å². The number of rotatable bonds is 7. The highest BCUT2D eigenvalue weighted by Crippen LogP contribution is 2.42. The minimum Gasteiger partial charge on any atom is -0.493 e. The van der Waals surface area contributed by atoms with Crippen LogP contribution in [0.3, 0.4) is 0 Å². The molecule has 0 saturated carbocycles. The van der Waals surface area contributed by atoms with E-state index in [1.54, 1.807) is 20.3 Å². The van der Waals surface area contributed by atoms with Crippen LogP contribution < -0.4 is 20.1 Å². The quantitative estimate of drug-likeness (QED) is 0.702. The van der Waals surface area contributed by atoms with Crippen LogP contribution in [-0.4, -0.2) is 31.7 Å². The normalized spacial score (nSPS) is 15.5. The van der Waals surface area contributed by atoms with Gasteiger partial charge in [0, 0.05) is 30.9 Å². The Kier molecular flexibility index (Phi) is 6.16. The first-order chi connectivity index (χ1) is 14.0. The van der Waals surface area contributed by atoms with E-state index in [9.17, 15) is 9.59 Å². The van der Waals surface area contributed by atoms with Crippen LogP contribution in [0.25, 0.3) is 0 Å². The lowest BCUT2D eigenvalue weighted by Crippen LogP contribution is -2.20. The summed E-state index contributed by atoms with van der Waals surface area (Å²) in [5, 5.41) is 5.68. The minimum atomic E-state index is -0.478. The molecule has 1 aliphatic rings. The van der Waals surface area contributed by atoms with Crippen molar-refractivity contribution in [3.8, 4) is 11.5 Å². The summed E-state index contributed by atoms with van der Waals surface area (Å²) in [6.45, 7) is 3.94. The molecular weight excluding hydrogens is 370 g/mol. The van der Waals surface area contributed by atoms with Gasteiger partial charge in [-0.1, -0.05) is 19.1 Å². The maximum atomic E-state index is 12.7. The maximum absolute atomic E-state index is 12.7. The van der Waals surface area contributed by atoms with E-state index in [-0.39, 0.29) is 11.8 Å². The van der Waals surface area contributed by atoms with Crippen LogP contribution in [0, 0.1) is 0 Å². The van der Waals surface area contributed by atoms with E-state index in [1.165, 1.54) is 6.92 Å². The number of benzene rings is 2. The molecule has 1 heterocycles. The van der Waals surface area contributed by atoms with E-state index < -0.39 is 5.92 Å². The number of aliphatic imine (C=N–C) groups is 1. The van der Waals surface area contributed by atoms with E-state index in [0.29, 0.717) is 30.2 Å². The van der Waals surface area contributed by atoms with Crippen molar-refractivity contribution in [1.82, 2.24) is 5.32 Å². The van der Waals surface area contributed by atoms with Crippen LogP contribution >= 0.6 is 0 Å². The van der Waals surface area contributed by atoms with Crippen molar-refractivity contribution in [3.05, 3.63) is 47.5 Å². The number of hydrogen-bond acceptors (Lipinski definition) is 5. The number of carbonyl (C=O) groups is 2. The van der Waals surface area contributed by atoms with Crippen LogP contribution in [0.15, 0.2) is 41.4 Å². The van der Waals surface area contributed by atoms with Crippen molar-refractivity contribution in [2.45, 2.75) is 32.7 Å². The Morgan fingerprint density at radius 2 is 1.79 bits per heavy atom. The zero-order valence-electron chi connectivity index (χ0n) is 17.0. The molecule has 1 atom stereocenters. The van der Waals surface area contributed by atoms with Crippen LogP contribution in [-0.2, 0) is 16.1 Å². The standard InChI is InChI=1S/C22H25N3O4/c1-5-17(24-15-8-6-14(7-9-15)12-23-13(2)26)21-16-10-19(28-3)20(29-4)11-18(16)25-22(21)27/h6-11,21H,5,12H2,1-4H3,(H,23,26)(H,25,27). The summed E-state index contributed by atoms with van der Waals surface area (Å²) in [4.78, 5) is 28.5. The Morgan fingerprint density at radius 1 is 1.14 bits per heavy atom. The third-order valence-electron chi connectivity index (χ3n) is 4.83. The second kappa shape index (κ2) is 8.77. The molecule has 0 spiro atoms. The van der Waals surface area contributed by atoms with Gasteiger partial charge in [0.05, 0.1) is 19.9 Å². The summed E-state index contributed by atoms with van der Waals surface area (Å²) in [6.07, 6.45) is 0.625. The van der Waals surface area contributed by atoms with Gasteiger partial charge in [-0.25, -0.2) is 0 Å². The molecule has 0 aliphatic carbocycles. The Morgan fingerprint density at radius 3 is 2.38 bits per heavy atom. The van der Waals surface area contributed by atoms with E-state index in [4.69, 9.17) is 14.5 Å². The highest BCUT2D eigenvalue weighted by atomic mass is 16.5. The van der Waals surface area contributed by atoms with Crippen LogP contribution in [0.5, 0.6) is 11.5 Å². The second-order valence-electron chi connectivity index (χ2n) is 6.75. The van der Waals surface area contributed by atoms with Crippen molar-refractivity contribution in [1.29, 1.82) is 0 Å². The third-order valence-corrected chi connectivity index (χ3v) is 4.83. The summed E-state index contributed by atoms with van der Waals surface area (Å²) in [5.41, 5.74) is 4.05. The molecule has 7 heteroatoms. The molecule has 29 heavy (non-hydrogen) atoms. The number of amides is 2. The van der Waals surface area contributed by atoms with E-state index in [0.717, 1.165) is 22.5 Å². The van der Waals surface area contributed by atoms with Gasteiger partial charge in [0.1, 0.15) is 5.92 Å². The van der Waals surface area contributed by atoms with Gasteiger partial charge in [-0.3, -0.25) is 14.6 Å². The Hall–Kier alpha value is -3.35. The Balaban J connectivity index is 1.90. The summed E-state index contributed by atoms with van der Waals surface area (Å²) in [6, 6.07) is 11.2. The van der Waals surface area contributed by atoms with Gasteiger partial charge in [-0.05, 0) is 35.7 Å². The monoisotopic (exact) mass is 395 g/mol. The summed E-state index contributed by atoms with van der Waals surface area (Å²) >= 11 is 0. The van der Waals surface area contributed by atoms with Gasteiger partial charge in [0.2, 0.25) is 11.8 Å². The van der Waals surface area contributed by atoms with Crippen LogP contribution in [0.1, 0.15) is 37.3 Å². The lowest BCUT2D eigenvalue weighted by Gasteiger charge is -2.14. The number of hydrogen-bond donors (Lipinski definition) is 2. The van der Waals surface area contributed by atoms with E-state index >= 15 is 0 Å². The fraction of sp³-hybridized carbons (Fsp3) is 0.318. The molecule has 1 aliphatic heterocycles. The van der Waals surface area contributed by atoms with Crippen LogP contribution in [0.4, 0.5) is 11.4 Å². The van der Waals surface area contributed by atoms with Crippen molar-refractivity contribution in [2.75, 3.05) is 19.5 Å². The van der Waals surface area contributed by atoms with Crippen molar-refractivity contribution >= 4 is 28.9 Å². The fourth-order valence-electron chi connectivity index (χ4n) is 3.35. The number of nitrogens with zero attached hydrogens (tertiary/aromatic N) is 1. The highest BCUT2D eigenvalue weighted by Gasteiger charge is 2.35. The fourth-order valence-corrected chi connectivity index (χ4v) is 3.35. The average Bonchev–Trinajstić information content (AvgIpc) is 3.04. The molecule has 2 aromatic rings. The lowest BCUT2D eigenvalue weighted by atomic mass is 9.93. The zero-order chi connectivity index (χ0) is 21.0. The Bertz CT molecular complexity index is 951. The van der Waals surface area contributed by atoms with Gasteiger partial charge < -0.3 is 20.1 Å². The molecule has 7 nitrogen and oxygen atoms in total. The molecule has 1 unspecified atom stereocenters. The van der Waals surface area contributed by atoms with Gasteiger partial charge in [-0.2, -0.15) is 0 Å².